The summed E-state index contributed by atoms with van der Waals surface area (Å²) in [5, 5.41) is 0.288. The van der Waals surface area contributed by atoms with Gasteiger partial charge in [0.05, 0.1) is 11.6 Å². The highest BCUT2D eigenvalue weighted by Gasteiger charge is 2.36. The molecule has 2 nitrogen and oxygen atoms in total. The summed E-state index contributed by atoms with van der Waals surface area (Å²) in [5.41, 5.74) is 1.32. The summed E-state index contributed by atoms with van der Waals surface area (Å²) in [6.07, 6.45) is 2.10. The van der Waals surface area contributed by atoms with E-state index in [-0.39, 0.29) is 5.04 Å². The van der Waals surface area contributed by atoms with Crippen molar-refractivity contribution in [2.45, 2.75) is 51.7 Å². The molecular weight excluding hydrogens is 332 g/mol. The van der Waals surface area contributed by atoms with Crippen LogP contribution in [0.15, 0.2) is 22.7 Å². The summed E-state index contributed by atoms with van der Waals surface area (Å²) >= 11 is 3.52. The lowest BCUT2D eigenvalue weighted by Gasteiger charge is -2.36. The Hall–Kier alpha value is -0.323. The standard InChI is InChI=1S/C16H27BrO2Si/c1-16(2,3)20(5,6)19-11-7-8-13-9-10-15(18-4)14(17)12-13/h9-10,12H,7-8,11H2,1-6H3. The quantitative estimate of drug-likeness (QED) is 0.499. The van der Waals surface area contributed by atoms with Crippen LogP contribution in [0.2, 0.25) is 18.1 Å². The van der Waals surface area contributed by atoms with Gasteiger partial charge in [-0.15, -0.1) is 0 Å². The Balaban J connectivity index is 2.44. The molecule has 114 valence electrons. The second-order valence-corrected chi connectivity index (χ2v) is 12.3. The Labute approximate surface area is 133 Å². The van der Waals surface area contributed by atoms with Gasteiger partial charge in [0.15, 0.2) is 8.32 Å². The third-order valence-electron chi connectivity index (χ3n) is 4.10. The first-order valence-electron chi connectivity index (χ1n) is 7.14. The highest BCUT2D eigenvalue weighted by molar-refractivity contribution is 9.10. The maximum absolute atomic E-state index is 6.19. The van der Waals surface area contributed by atoms with Crippen LogP contribution >= 0.6 is 15.9 Å². The van der Waals surface area contributed by atoms with Crippen LogP contribution in [0, 0.1) is 0 Å². The number of halogens is 1. The van der Waals surface area contributed by atoms with Gasteiger partial charge in [-0.25, -0.2) is 0 Å². The second-order valence-electron chi connectivity index (χ2n) is 6.68. The molecule has 0 aliphatic rings. The molecule has 1 rings (SSSR count). The van der Waals surface area contributed by atoms with E-state index in [9.17, 15) is 0 Å². The number of rotatable bonds is 6. The normalized spacial score (nSPS) is 12.6. The molecule has 0 atom stereocenters. The minimum atomic E-state index is -1.60. The predicted octanol–water partition coefficient (Wildman–Crippen LogP) is 5.41. The van der Waals surface area contributed by atoms with Crippen LogP contribution in [0.4, 0.5) is 0 Å². The molecule has 0 aliphatic carbocycles. The van der Waals surface area contributed by atoms with Crippen LogP contribution in [0.5, 0.6) is 5.75 Å². The number of ether oxygens (including phenoxy) is 1. The first-order chi connectivity index (χ1) is 9.17. The van der Waals surface area contributed by atoms with Gasteiger partial charge in [-0.2, -0.15) is 0 Å². The summed E-state index contributed by atoms with van der Waals surface area (Å²) in [7, 11) is 0.0893. The third-order valence-corrected chi connectivity index (χ3v) is 9.25. The van der Waals surface area contributed by atoms with E-state index in [0.29, 0.717) is 0 Å². The molecule has 20 heavy (non-hydrogen) atoms. The van der Waals surface area contributed by atoms with E-state index in [1.807, 2.05) is 6.07 Å². The van der Waals surface area contributed by atoms with E-state index in [4.69, 9.17) is 9.16 Å². The van der Waals surface area contributed by atoms with E-state index in [1.165, 1.54) is 5.56 Å². The van der Waals surface area contributed by atoms with Crippen molar-refractivity contribution in [3.63, 3.8) is 0 Å². The summed E-state index contributed by atoms with van der Waals surface area (Å²) < 4.78 is 12.5. The fourth-order valence-electron chi connectivity index (χ4n) is 1.69. The van der Waals surface area contributed by atoms with Gasteiger partial charge in [0.25, 0.3) is 0 Å². The van der Waals surface area contributed by atoms with Crippen LogP contribution in [0.1, 0.15) is 32.8 Å². The first kappa shape index (κ1) is 17.7. The number of hydrogen-bond donors (Lipinski definition) is 0. The first-order valence-corrected chi connectivity index (χ1v) is 10.8. The molecule has 0 spiro atoms. The molecule has 4 heteroatoms. The topological polar surface area (TPSA) is 18.5 Å². The SMILES string of the molecule is COc1ccc(CCCO[Si](C)(C)C(C)(C)C)cc1Br. The average molecular weight is 359 g/mol. The number of benzene rings is 1. The van der Waals surface area contributed by atoms with E-state index < -0.39 is 8.32 Å². The average Bonchev–Trinajstić information content (AvgIpc) is 2.33. The fourth-order valence-corrected chi connectivity index (χ4v) is 3.36. The largest absolute Gasteiger partial charge is 0.496 e. The Kier molecular flexibility index (Phi) is 6.29. The fraction of sp³-hybridized carbons (Fsp3) is 0.625. The van der Waals surface area contributed by atoms with Gasteiger partial charge >= 0.3 is 0 Å². The van der Waals surface area contributed by atoms with Crippen molar-refractivity contribution in [2.75, 3.05) is 13.7 Å². The van der Waals surface area contributed by atoms with Gasteiger partial charge in [0.1, 0.15) is 5.75 Å². The summed E-state index contributed by atoms with van der Waals surface area (Å²) in [6, 6.07) is 6.26. The van der Waals surface area contributed by atoms with Crippen LogP contribution < -0.4 is 4.74 Å². The molecule has 0 aliphatic heterocycles. The van der Waals surface area contributed by atoms with Gasteiger partial charge < -0.3 is 9.16 Å². The monoisotopic (exact) mass is 358 g/mol. The highest BCUT2D eigenvalue weighted by Crippen LogP contribution is 2.36. The van der Waals surface area contributed by atoms with Gasteiger partial charge in [0.2, 0.25) is 0 Å². The molecule has 0 amide bonds. The zero-order valence-corrected chi connectivity index (χ0v) is 16.1. The summed E-state index contributed by atoms with van der Waals surface area (Å²) in [6.45, 7) is 12.3. The van der Waals surface area contributed by atoms with Crippen molar-refractivity contribution in [3.05, 3.63) is 28.2 Å². The lowest BCUT2D eigenvalue weighted by Crippen LogP contribution is -2.41. The van der Waals surface area contributed by atoms with Crippen LogP contribution in [0.3, 0.4) is 0 Å². The zero-order valence-electron chi connectivity index (χ0n) is 13.5. The van der Waals surface area contributed by atoms with Crippen molar-refractivity contribution < 1.29 is 9.16 Å². The molecule has 0 heterocycles. The molecule has 1 aromatic carbocycles. The van der Waals surface area contributed by atoms with E-state index in [2.05, 4.69) is 61.9 Å². The van der Waals surface area contributed by atoms with Crippen molar-refractivity contribution in [1.82, 2.24) is 0 Å². The van der Waals surface area contributed by atoms with Gasteiger partial charge in [0, 0.05) is 6.61 Å². The minimum absolute atomic E-state index is 0.288. The molecule has 0 saturated heterocycles. The Morgan fingerprint density at radius 3 is 2.35 bits per heavy atom. The molecule has 0 aromatic heterocycles. The number of hydrogen-bond acceptors (Lipinski definition) is 2. The molecule has 0 saturated carbocycles. The molecule has 0 N–H and O–H groups in total. The molecule has 0 bridgehead atoms. The van der Waals surface area contributed by atoms with Gasteiger partial charge in [-0.1, -0.05) is 26.8 Å². The minimum Gasteiger partial charge on any atom is -0.496 e. The predicted molar refractivity (Wildman–Crippen MR) is 92.2 cm³/mol. The molecular formula is C16H27BrO2Si. The number of methoxy groups -OCH3 is 1. The van der Waals surface area contributed by atoms with E-state index in [1.54, 1.807) is 7.11 Å². The molecule has 0 radical (unpaired) electrons. The van der Waals surface area contributed by atoms with Gasteiger partial charge in [-0.3, -0.25) is 0 Å². The van der Waals surface area contributed by atoms with Crippen molar-refractivity contribution in [1.29, 1.82) is 0 Å². The Morgan fingerprint density at radius 1 is 1.20 bits per heavy atom. The van der Waals surface area contributed by atoms with Crippen molar-refractivity contribution >= 4 is 24.2 Å². The second kappa shape index (κ2) is 7.10. The van der Waals surface area contributed by atoms with Crippen molar-refractivity contribution in [2.24, 2.45) is 0 Å². The maximum Gasteiger partial charge on any atom is 0.191 e. The molecule has 0 unspecified atom stereocenters. The Morgan fingerprint density at radius 2 is 1.85 bits per heavy atom. The van der Waals surface area contributed by atoms with Crippen LogP contribution in [-0.4, -0.2) is 22.0 Å². The number of aryl methyl sites for hydroxylation is 1. The summed E-state index contributed by atoms with van der Waals surface area (Å²) in [4.78, 5) is 0. The highest BCUT2D eigenvalue weighted by atomic mass is 79.9. The van der Waals surface area contributed by atoms with E-state index in [0.717, 1.165) is 29.7 Å². The summed E-state index contributed by atoms with van der Waals surface area (Å²) in [5.74, 6) is 0.881. The van der Waals surface area contributed by atoms with Gasteiger partial charge in [-0.05, 0) is 64.6 Å². The van der Waals surface area contributed by atoms with Crippen molar-refractivity contribution in [3.8, 4) is 5.75 Å². The smallest absolute Gasteiger partial charge is 0.191 e. The Bertz CT molecular complexity index is 439. The van der Waals surface area contributed by atoms with Crippen LogP contribution in [0.25, 0.3) is 0 Å². The third kappa shape index (κ3) is 4.90. The molecule has 0 fully saturated rings. The maximum atomic E-state index is 6.19. The zero-order chi connectivity index (χ0) is 15.4. The lowest BCUT2D eigenvalue weighted by molar-refractivity contribution is 0.282. The van der Waals surface area contributed by atoms with Crippen LogP contribution in [-0.2, 0) is 10.8 Å². The lowest BCUT2D eigenvalue weighted by atomic mass is 10.1. The molecule has 1 aromatic rings. The van der Waals surface area contributed by atoms with E-state index >= 15 is 0 Å².